The van der Waals surface area contributed by atoms with Crippen molar-refractivity contribution in [3.05, 3.63) is 63.0 Å². The van der Waals surface area contributed by atoms with Gasteiger partial charge in [-0.05, 0) is 35.6 Å². The zero-order chi connectivity index (χ0) is 16.8. The molecule has 2 heterocycles. The Morgan fingerprint density at radius 3 is 2.61 bits per heavy atom. The Hall–Kier alpha value is -2.13. The van der Waals surface area contributed by atoms with Crippen LogP contribution in [0.5, 0.6) is 0 Å². The van der Waals surface area contributed by atoms with Crippen molar-refractivity contribution < 1.29 is 0 Å². The van der Waals surface area contributed by atoms with Crippen LogP contribution in [0.2, 0.25) is 5.02 Å². The van der Waals surface area contributed by atoms with Crippen LogP contribution in [0.15, 0.2) is 41.5 Å². The third kappa shape index (κ3) is 2.89. The quantitative estimate of drug-likeness (QED) is 0.694. The number of aromatic amines is 1. The first-order chi connectivity index (χ1) is 10.8. The summed E-state index contributed by atoms with van der Waals surface area (Å²) in [5.41, 5.74) is 4.61. The van der Waals surface area contributed by atoms with Gasteiger partial charge in [-0.2, -0.15) is 0 Å². The molecule has 0 atom stereocenters. The van der Waals surface area contributed by atoms with Gasteiger partial charge in [-0.1, -0.05) is 38.4 Å². The molecular weight excluding hydrogens is 308 g/mol. The average molecular weight is 327 g/mol. The van der Waals surface area contributed by atoms with Crippen molar-refractivity contribution in [3.63, 3.8) is 0 Å². The maximum atomic E-state index is 12.3. The average Bonchev–Trinajstić information content (AvgIpc) is 2.48. The first-order valence-electron chi connectivity index (χ1n) is 7.55. The fraction of sp³-hybridized carbons (Fsp3) is 0.263. The number of pyridine rings is 2. The van der Waals surface area contributed by atoms with Gasteiger partial charge in [0, 0.05) is 29.0 Å². The van der Waals surface area contributed by atoms with E-state index in [9.17, 15) is 4.79 Å². The molecule has 4 heteroatoms. The number of aryl methyl sites for hydroxylation is 1. The molecule has 1 N–H and O–H groups in total. The molecule has 0 saturated carbocycles. The number of hydrogen-bond donors (Lipinski definition) is 1. The summed E-state index contributed by atoms with van der Waals surface area (Å²) in [6.07, 6.45) is 3.26. The van der Waals surface area contributed by atoms with Crippen molar-refractivity contribution in [3.8, 4) is 11.3 Å². The molecule has 0 radical (unpaired) electrons. The smallest absolute Gasteiger partial charge is 0.191 e. The summed E-state index contributed by atoms with van der Waals surface area (Å²) in [6.45, 7) is 8.45. The highest BCUT2D eigenvalue weighted by Crippen LogP contribution is 2.34. The van der Waals surface area contributed by atoms with Gasteiger partial charge in [-0.3, -0.25) is 9.78 Å². The zero-order valence-electron chi connectivity index (χ0n) is 13.7. The second-order valence-electron chi connectivity index (χ2n) is 6.87. The summed E-state index contributed by atoms with van der Waals surface area (Å²) in [5, 5.41) is 1.31. The number of nitrogens with zero attached hydrogens (tertiary/aromatic N) is 1. The van der Waals surface area contributed by atoms with Crippen LogP contribution in [0, 0.1) is 6.92 Å². The van der Waals surface area contributed by atoms with Crippen LogP contribution in [-0.2, 0) is 5.41 Å². The molecule has 0 amide bonds. The van der Waals surface area contributed by atoms with Crippen molar-refractivity contribution in [1.29, 1.82) is 0 Å². The molecule has 3 rings (SSSR count). The number of nitrogens with one attached hydrogen (secondary N) is 1. The van der Waals surface area contributed by atoms with Gasteiger partial charge in [-0.15, -0.1) is 0 Å². The second-order valence-corrected chi connectivity index (χ2v) is 7.27. The van der Waals surface area contributed by atoms with E-state index in [1.54, 1.807) is 24.5 Å². The van der Waals surface area contributed by atoms with E-state index in [4.69, 9.17) is 11.6 Å². The third-order valence-corrected chi connectivity index (χ3v) is 4.36. The number of halogens is 1. The van der Waals surface area contributed by atoms with E-state index in [2.05, 4.69) is 36.8 Å². The van der Waals surface area contributed by atoms with Crippen LogP contribution in [0.4, 0.5) is 0 Å². The van der Waals surface area contributed by atoms with E-state index < -0.39 is 0 Å². The van der Waals surface area contributed by atoms with Crippen LogP contribution in [0.3, 0.4) is 0 Å². The van der Waals surface area contributed by atoms with Gasteiger partial charge in [0.25, 0.3) is 0 Å². The SMILES string of the molecule is Cc1cc(C(C)(C)C)c(Cl)cc1-c1cc(=O)c2cnccc2[nH]1. The van der Waals surface area contributed by atoms with Gasteiger partial charge in [0.05, 0.1) is 16.6 Å². The molecule has 118 valence electrons. The standard InChI is InChI=1S/C19H19ClN2O/c1-11-7-14(19(2,3)4)15(20)8-12(11)17-9-18(23)13-10-21-6-5-16(13)22-17/h5-10H,1-4H3,(H,22,23). The molecule has 0 spiro atoms. The second kappa shape index (κ2) is 5.50. The highest BCUT2D eigenvalue weighted by Gasteiger charge is 2.19. The number of benzene rings is 1. The van der Waals surface area contributed by atoms with Gasteiger partial charge in [0.2, 0.25) is 0 Å². The van der Waals surface area contributed by atoms with E-state index in [1.165, 1.54) is 0 Å². The molecule has 0 aliphatic rings. The van der Waals surface area contributed by atoms with E-state index in [-0.39, 0.29) is 10.8 Å². The fourth-order valence-corrected chi connectivity index (χ4v) is 3.23. The summed E-state index contributed by atoms with van der Waals surface area (Å²) >= 11 is 6.49. The molecule has 0 aliphatic carbocycles. The molecule has 0 unspecified atom stereocenters. The largest absolute Gasteiger partial charge is 0.354 e. The van der Waals surface area contributed by atoms with E-state index in [0.29, 0.717) is 10.4 Å². The van der Waals surface area contributed by atoms with Crippen molar-refractivity contribution >= 4 is 22.5 Å². The maximum Gasteiger partial charge on any atom is 0.191 e. The third-order valence-electron chi connectivity index (χ3n) is 4.04. The Labute approximate surface area is 140 Å². The molecule has 2 aromatic heterocycles. The molecule has 0 fully saturated rings. The Balaban J connectivity index is 2.24. The van der Waals surface area contributed by atoms with E-state index >= 15 is 0 Å². The first kappa shape index (κ1) is 15.8. The highest BCUT2D eigenvalue weighted by molar-refractivity contribution is 6.31. The van der Waals surface area contributed by atoms with Gasteiger partial charge >= 0.3 is 0 Å². The number of rotatable bonds is 1. The van der Waals surface area contributed by atoms with Crippen LogP contribution >= 0.6 is 11.6 Å². The predicted octanol–water partition coefficient (Wildman–Crippen LogP) is 4.85. The minimum absolute atomic E-state index is 0.0250. The van der Waals surface area contributed by atoms with Crippen LogP contribution < -0.4 is 5.43 Å². The summed E-state index contributed by atoms with van der Waals surface area (Å²) < 4.78 is 0. The topological polar surface area (TPSA) is 45.8 Å². The lowest BCUT2D eigenvalue weighted by Crippen LogP contribution is -2.12. The molecule has 0 bridgehead atoms. The monoisotopic (exact) mass is 326 g/mol. The van der Waals surface area contributed by atoms with Crippen molar-refractivity contribution in [2.45, 2.75) is 33.1 Å². The molecule has 3 nitrogen and oxygen atoms in total. The Morgan fingerprint density at radius 1 is 1.17 bits per heavy atom. The fourth-order valence-electron chi connectivity index (χ4n) is 2.78. The summed E-state index contributed by atoms with van der Waals surface area (Å²) in [4.78, 5) is 19.6. The normalized spacial score (nSPS) is 11.9. The van der Waals surface area contributed by atoms with Crippen LogP contribution in [-0.4, -0.2) is 9.97 Å². The van der Waals surface area contributed by atoms with Crippen LogP contribution in [0.1, 0.15) is 31.9 Å². The summed E-state index contributed by atoms with van der Waals surface area (Å²) in [5.74, 6) is 0. The highest BCUT2D eigenvalue weighted by atomic mass is 35.5. The molecular formula is C19H19ClN2O. The Morgan fingerprint density at radius 2 is 1.91 bits per heavy atom. The van der Waals surface area contributed by atoms with Gasteiger partial charge in [0.1, 0.15) is 0 Å². The Bertz CT molecular complexity index is 952. The van der Waals surface area contributed by atoms with Crippen molar-refractivity contribution in [2.75, 3.05) is 0 Å². The van der Waals surface area contributed by atoms with Crippen LogP contribution in [0.25, 0.3) is 22.2 Å². The summed E-state index contributed by atoms with van der Waals surface area (Å²) in [7, 11) is 0. The first-order valence-corrected chi connectivity index (χ1v) is 7.93. The molecule has 23 heavy (non-hydrogen) atoms. The van der Waals surface area contributed by atoms with Gasteiger partial charge in [0.15, 0.2) is 5.43 Å². The van der Waals surface area contributed by atoms with Gasteiger partial charge in [-0.25, -0.2) is 0 Å². The van der Waals surface area contributed by atoms with Crippen molar-refractivity contribution in [2.24, 2.45) is 0 Å². The lowest BCUT2D eigenvalue weighted by atomic mass is 9.85. The maximum absolute atomic E-state index is 12.3. The number of fused-ring (bicyclic) bond motifs is 1. The number of hydrogen-bond acceptors (Lipinski definition) is 2. The lowest BCUT2D eigenvalue weighted by molar-refractivity contribution is 0.590. The van der Waals surface area contributed by atoms with E-state index in [0.717, 1.165) is 27.9 Å². The van der Waals surface area contributed by atoms with Crippen molar-refractivity contribution in [1.82, 2.24) is 9.97 Å². The minimum atomic E-state index is -0.0442. The minimum Gasteiger partial charge on any atom is -0.354 e. The number of H-pyrrole nitrogens is 1. The van der Waals surface area contributed by atoms with E-state index in [1.807, 2.05) is 13.0 Å². The predicted molar refractivity (Wildman–Crippen MR) is 96.2 cm³/mol. The zero-order valence-corrected chi connectivity index (χ0v) is 14.5. The molecule has 3 aromatic rings. The Kier molecular flexibility index (Phi) is 3.77. The molecule has 0 saturated heterocycles. The van der Waals surface area contributed by atoms with Gasteiger partial charge < -0.3 is 4.98 Å². The molecule has 0 aliphatic heterocycles. The molecule has 1 aromatic carbocycles. The number of aromatic nitrogens is 2. The summed E-state index contributed by atoms with van der Waals surface area (Å²) in [6, 6.07) is 7.46. The lowest BCUT2D eigenvalue weighted by Gasteiger charge is -2.22.